The third kappa shape index (κ3) is 3.89. The quantitative estimate of drug-likeness (QED) is 0.608. The Morgan fingerprint density at radius 2 is 2.00 bits per heavy atom. The Labute approximate surface area is 150 Å². The van der Waals surface area contributed by atoms with Gasteiger partial charge in [0, 0.05) is 31.5 Å². The molecule has 0 saturated heterocycles. The number of ether oxygens (including phenoxy) is 3. The van der Waals surface area contributed by atoms with Gasteiger partial charge in [0.15, 0.2) is 5.76 Å². The lowest BCUT2D eigenvalue weighted by molar-refractivity contribution is 0.210. The minimum absolute atomic E-state index is 0.187. The molecule has 3 rings (SSSR count). The summed E-state index contributed by atoms with van der Waals surface area (Å²) in [7, 11) is 4.65. The number of rotatable bonds is 8. The van der Waals surface area contributed by atoms with Gasteiger partial charge in [-0.15, -0.1) is 0 Å². The number of furan rings is 1. The van der Waals surface area contributed by atoms with Crippen molar-refractivity contribution in [3.05, 3.63) is 30.7 Å². The van der Waals surface area contributed by atoms with Crippen LogP contribution in [0, 0.1) is 0 Å². The number of anilines is 1. The summed E-state index contributed by atoms with van der Waals surface area (Å²) in [6.45, 7) is 1.13. The average molecular weight is 357 g/mol. The predicted octanol–water partition coefficient (Wildman–Crippen LogP) is 2.27. The number of aromatic nitrogens is 4. The van der Waals surface area contributed by atoms with Crippen LogP contribution >= 0.6 is 0 Å². The van der Waals surface area contributed by atoms with E-state index < -0.39 is 0 Å². The van der Waals surface area contributed by atoms with Crippen molar-refractivity contribution >= 4 is 5.95 Å². The highest BCUT2D eigenvalue weighted by molar-refractivity contribution is 5.77. The van der Waals surface area contributed by atoms with E-state index in [-0.39, 0.29) is 6.01 Å². The van der Waals surface area contributed by atoms with E-state index in [1.54, 1.807) is 31.7 Å². The lowest BCUT2D eigenvalue weighted by Crippen LogP contribution is -2.11. The van der Waals surface area contributed by atoms with Crippen molar-refractivity contribution in [2.24, 2.45) is 0 Å². The van der Waals surface area contributed by atoms with Crippen LogP contribution in [0.2, 0.25) is 0 Å². The maximum atomic E-state index is 5.53. The van der Waals surface area contributed by atoms with Crippen LogP contribution in [0.3, 0.4) is 0 Å². The molecule has 0 radical (unpaired) electrons. The van der Waals surface area contributed by atoms with Crippen LogP contribution in [-0.2, 0) is 4.74 Å². The Hall–Kier alpha value is -3.20. The maximum Gasteiger partial charge on any atom is 0.320 e. The van der Waals surface area contributed by atoms with Gasteiger partial charge in [-0.05, 0) is 12.1 Å². The van der Waals surface area contributed by atoms with Crippen molar-refractivity contribution in [3.63, 3.8) is 0 Å². The largest absolute Gasteiger partial charge is 0.481 e. The van der Waals surface area contributed by atoms with E-state index in [4.69, 9.17) is 18.6 Å². The van der Waals surface area contributed by atoms with Crippen molar-refractivity contribution in [1.29, 1.82) is 0 Å². The molecule has 9 heteroatoms. The summed E-state index contributed by atoms with van der Waals surface area (Å²) in [5.41, 5.74) is 1.81. The first-order chi connectivity index (χ1) is 12.7. The SMILES string of the molecule is COCCNc1ncc(-c2cc(OC)nc(OC)n2)c(-c2ccco2)n1. The molecule has 0 atom stereocenters. The standard InChI is InChI=1S/C17H19N5O4/c1-23-8-6-18-16-19-10-11(15(22-16)13-5-4-7-26-13)12-9-14(24-2)21-17(20-12)25-3/h4-5,7,9-10H,6,8H2,1-3H3,(H,18,19,22). The molecule has 3 aromatic heterocycles. The smallest absolute Gasteiger partial charge is 0.320 e. The van der Waals surface area contributed by atoms with Crippen molar-refractivity contribution in [3.8, 4) is 34.6 Å². The molecule has 9 nitrogen and oxygen atoms in total. The Morgan fingerprint density at radius 3 is 2.69 bits per heavy atom. The fraction of sp³-hybridized carbons (Fsp3) is 0.294. The van der Waals surface area contributed by atoms with E-state index in [9.17, 15) is 0 Å². The van der Waals surface area contributed by atoms with Gasteiger partial charge in [0.05, 0.1) is 32.8 Å². The molecule has 1 N–H and O–H groups in total. The summed E-state index contributed by atoms with van der Waals surface area (Å²) in [5, 5.41) is 3.10. The Morgan fingerprint density at radius 1 is 1.12 bits per heavy atom. The highest BCUT2D eigenvalue weighted by atomic mass is 16.5. The third-order valence-corrected chi connectivity index (χ3v) is 3.48. The number of hydrogen-bond acceptors (Lipinski definition) is 9. The van der Waals surface area contributed by atoms with Crippen molar-refractivity contribution < 1.29 is 18.6 Å². The fourth-order valence-electron chi connectivity index (χ4n) is 2.26. The molecule has 0 aromatic carbocycles. The number of nitrogens with one attached hydrogen (secondary N) is 1. The summed E-state index contributed by atoms with van der Waals surface area (Å²) in [4.78, 5) is 17.4. The van der Waals surface area contributed by atoms with E-state index >= 15 is 0 Å². The minimum atomic E-state index is 0.187. The molecule has 0 aliphatic carbocycles. The summed E-state index contributed by atoms with van der Waals surface area (Å²) in [6, 6.07) is 5.49. The van der Waals surface area contributed by atoms with E-state index in [1.807, 2.05) is 6.07 Å². The molecular weight excluding hydrogens is 338 g/mol. The van der Waals surface area contributed by atoms with Gasteiger partial charge in [0.25, 0.3) is 0 Å². The molecule has 0 bridgehead atoms. The first kappa shape index (κ1) is 17.6. The summed E-state index contributed by atoms with van der Waals surface area (Å²) in [5.74, 6) is 1.43. The molecular formula is C17H19N5O4. The second-order valence-corrected chi connectivity index (χ2v) is 5.14. The molecule has 3 aromatic rings. The van der Waals surface area contributed by atoms with Crippen LogP contribution in [0.4, 0.5) is 5.95 Å². The second-order valence-electron chi connectivity index (χ2n) is 5.14. The molecule has 26 heavy (non-hydrogen) atoms. The Balaban J connectivity index is 2.06. The van der Waals surface area contributed by atoms with Crippen molar-refractivity contribution in [2.75, 3.05) is 39.8 Å². The highest BCUT2D eigenvalue weighted by Gasteiger charge is 2.17. The minimum Gasteiger partial charge on any atom is -0.481 e. The Bertz CT molecular complexity index is 832. The Kier molecular flexibility index (Phi) is 5.59. The highest BCUT2D eigenvalue weighted by Crippen LogP contribution is 2.32. The zero-order chi connectivity index (χ0) is 18.4. The normalized spacial score (nSPS) is 10.6. The van der Waals surface area contributed by atoms with Crippen LogP contribution in [0.5, 0.6) is 11.9 Å². The molecule has 0 aliphatic rings. The van der Waals surface area contributed by atoms with Crippen molar-refractivity contribution in [2.45, 2.75) is 0 Å². The van der Waals surface area contributed by atoms with Gasteiger partial charge in [-0.1, -0.05) is 0 Å². The molecule has 136 valence electrons. The van der Waals surface area contributed by atoms with Crippen LogP contribution in [0.15, 0.2) is 35.1 Å². The van der Waals surface area contributed by atoms with E-state index in [2.05, 4.69) is 25.3 Å². The first-order valence-electron chi connectivity index (χ1n) is 7.86. The maximum absolute atomic E-state index is 5.53. The summed E-state index contributed by atoms with van der Waals surface area (Å²) < 4.78 is 20.9. The van der Waals surface area contributed by atoms with Gasteiger partial charge in [-0.3, -0.25) is 0 Å². The predicted molar refractivity (Wildman–Crippen MR) is 94.2 cm³/mol. The van der Waals surface area contributed by atoms with Crippen LogP contribution in [-0.4, -0.2) is 54.4 Å². The van der Waals surface area contributed by atoms with Gasteiger partial charge in [-0.25, -0.2) is 9.97 Å². The first-order valence-corrected chi connectivity index (χ1v) is 7.86. The molecule has 0 spiro atoms. The molecule has 0 fully saturated rings. The van der Waals surface area contributed by atoms with Gasteiger partial charge < -0.3 is 23.9 Å². The molecule has 0 saturated carbocycles. The van der Waals surface area contributed by atoms with E-state index in [0.717, 1.165) is 0 Å². The number of methoxy groups -OCH3 is 3. The zero-order valence-electron chi connectivity index (χ0n) is 14.7. The van der Waals surface area contributed by atoms with Gasteiger partial charge >= 0.3 is 6.01 Å². The van der Waals surface area contributed by atoms with Crippen molar-refractivity contribution in [1.82, 2.24) is 19.9 Å². The summed E-state index contributed by atoms with van der Waals surface area (Å²) >= 11 is 0. The number of nitrogens with zero attached hydrogens (tertiary/aromatic N) is 4. The monoisotopic (exact) mass is 357 g/mol. The second kappa shape index (κ2) is 8.26. The van der Waals surface area contributed by atoms with Gasteiger partial charge in [-0.2, -0.15) is 9.97 Å². The van der Waals surface area contributed by atoms with Crippen LogP contribution in [0.1, 0.15) is 0 Å². The van der Waals surface area contributed by atoms with Crippen LogP contribution < -0.4 is 14.8 Å². The zero-order valence-corrected chi connectivity index (χ0v) is 14.7. The van der Waals surface area contributed by atoms with E-state index in [0.29, 0.717) is 47.7 Å². The average Bonchev–Trinajstić information content (AvgIpc) is 3.22. The molecule has 0 aliphatic heterocycles. The molecule has 0 amide bonds. The van der Waals surface area contributed by atoms with Gasteiger partial charge in [0.2, 0.25) is 11.8 Å². The lowest BCUT2D eigenvalue weighted by Gasteiger charge is -2.11. The van der Waals surface area contributed by atoms with Crippen LogP contribution in [0.25, 0.3) is 22.7 Å². The molecule has 3 heterocycles. The third-order valence-electron chi connectivity index (χ3n) is 3.48. The topological polar surface area (TPSA) is 104 Å². The summed E-state index contributed by atoms with van der Waals surface area (Å²) in [6.07, 6.45) is 3.25. The molecule has 0 unspecified atom stereocenters. The van der Waals surface area contributed by atoms with E-state index in [1.165, 1.54) is 14.2 Å². The fourth-order valence-corrected chi connectivity index (χ4v) is 2.26. The number of hydrogen-bond donors (Lipinski definition) is 1. The lowest BCUT2D eigenvalue weighted by atomic mass is 10.1. The van der Waals surface area contributed by atoms with Gasteiger partial charge in [0.1, 0.15) is 5.69 Å².